The summed E-state index contributed by atoms with van der Waals surface area (Å²) < 4.78 is 16.3. The van der Waals surface area contributed by atoms with Crippen LogP contribution < -0.4 is 20.4 Å². The fraction of sp³-hybridized carbons (Fsp3) is 0.269. The average molecular weight is 450 g/mol. The highest BCUT2D eigenvalue weighted by Crippen LogP contribution is 2.32. The van der Waals surface area contributed by atoms with E-state index in [0.29, 0.717) is 11.1 Å². The zero-order valence-electron chi connectivity index (χ0n) is 19.2. The van der Waals surface area contributed by atoms with Crippen LogP contribution in [0, 0.1) is 6.92 Å². The second-order valence-corrected chi connectivity index (χ2v) is 8.66. The van der Waals surface area contributed by atoms with E-state index in [2.05, 4.69) is 32.7 Å². The maximum atomic E-state index is 12.4. The zero-order chi connectivity index (χ0) is 24.2. The number of carbonyl (C=O) groups is 2. The van der Waals surface area contributed by atoms with Crippen LogP contribution in [0.4, 0.5) is 0 Å². The first kappa shape index (κ1) is 23.8. The minimum absolute atomic E-state index is 0.116. The van der Waals surface area contributed by atoms with Gasteiger partial charge in [-0.1, -0.05) is 44.5 Å². The van der Waals surface area contributed by atoms with Gasteiger partial charge in [-0.05, 0) is 42.2 Å². The number of hydrogen-bond acceptors (Lipinski definition) is 6. The third-order valence-corrected chi connectivity index (χ3v) is 4.88. The Labute approximate surface area is 192 Å². The van der Waals surface area contributed by atoms with Crippen LogP contribution in [-0.4, -0.2) is 25.0 Å². The van der Waals surface area contributed by atoms with Crippen LogP contribution in [-0.2, 0) is 10.2 Å². The summed E-state index contributed by atoms with van der Waals surface area (Å²) in [5.74, 6) is -0.332. The molecule has 0 spiro atoms. The van der Waals surface area contributed by atoms with E-state index < -0.39 is 17.5 Å². The molecule has 1 amide bonds. The van der Waals surface area contributed by atoms with Crippen molar-refractivity contribution in [3.05, 3.63) is 82.2 Å². The third-order valence-electron chi connectivity index (χ3n) is 4.88. The molecule has 0 saturated carbocycles. The SMILES string of the molecule is C=CCNC(=O)c1cc2ccc(OC(=O)COc3ccc(C)cc3C(C)(C)C)cc2oc1=O. The molecule has 1 N–H and O–H groups in total. The lowest BCUT2D eigenvalue weighted by Gasteiger charge is -2.23. The van der Waals surface area contributed by atoms with Gasteiger partial charge in [0, 0.05) is 18.0 Å². The lowest BCUT2D eigenvalue weighted by molar-refractivity contribution is -0.136. The number of hydrogen-bond donors (Lipinski definition) is 1. The fourth-order valence-corrected chi connectivity index (χ4v) is 3.23. The lowest BCUT2D eigenvalue weighted by atomic mass is 9.85. The number of esters is 1. The molecule has 0 fully saturated rings. The van der Waals surface area contributed by atoms with E-state index in [0.717, 1.165) is 11.1 Å². The number of carbonyl (C=O) groups excluding carboxylic acids is 2. The van der Waals surface area contributed by atoms with Crippen molar-refractivity contribution in [2.75, 3.05) is 13.2 Å². The van der Waals surface area contributed by atoms with Gasteiger partial charge in [-0.25, -0.2) is 9.59 Å². The van der Waals surface area contributed by atoms with Crippen molar-refractivity contribution in [2.45, 2.75) is 33.1 Å². The first-order chi connectivity index (χ1) is 15.6. The van der Waals surface area contributed by atoms with E-state index in [-0.39, 0.29) is 35.5 Å². The molecule has 0 aliphatic carbocycles. The Bertz CT molecular complexity index is 1270. The van der Waals surface area contributed by atoms with Gasteiger partial charge in [-0.2, -0.15) is 0 Å². The predicted molar refractivity (Wildman–Crippen MR) is 126 cm³/mol. The molecule has 0 radical (unpaired) electrons. The van der Waals surface area contributed by atoms with E-state index in [1.165, 1.54) is 18.2 Å². The maximum Gasteiger partial charge on any atom is 0.349 e. The van der Waals surface area contributed by atoms with Crippen LogP contribution in [0.15, 0.2) is 64.3 Å². The number of rotatable bonds is 7. The zero-order valence-corrected chi connectivity index (χ0v) is 19.2. The molecule has 33 heavy (non-hydrogen) atoms. The number of ether oxygens (including phenoxy) is 2. The third kappa shape index (κ3) is 5.88. The number of nitrogens with one attached hydrogen (secondary N) is 1. The molecule has 0 aliphatic rings. The van der Waals surface area contributed by atoms with Gasteiger partial charge in [0.2, 0.25) is 0 Å². The average Bonchev–Trinajstić information content (AvgIpc) is 2.75. The van der Waals surface area contributed by atoms with Gasteiger partial charge in [0.1, 0.15) is 22.6 Å². The first-order valence-corrected chi connectivity index (χ1v) is 10.5. The summed E-state index contributed by atoms with van der Waals surface area (Å²) in [7, 11) is 0. The van der Waals surface area contributed by atoms with Crippen molar-refractivity contribution in [2.24, 2.45) is 0 Å². The standard InChI is InChI=1S/C26H27NO6/c1-6-11-27-24(29)19-13-17-8-9-18(14-22(17)33-25(19)30)32-23(28)15-31-21-10-7-16(2)12-20(21)26(3,4)5/h6-10,12-14H,1,11,15H2,2-5H3,(H,27,29). The van der Waals surface area contributed by atoms with E-state index in [1.54, 1.807) is 12.1 Å². The highest BCUT2D eigenvalue weighted by Gasteiger charge is 2.20. The Balaban J connectivity index is 1.72. The van der Waals surface area contributed by atoms with Crippen molar-refractivity contribution in [1.82, 2.24) is 5.32 Å². The van der Waals surface area contributed by atoms with E-state index in [4.69, 9.17) is 13.9 Å². The summed E-state index contributed by atoms with van der Waals surface area (Å²) in [5, 5.41) is 3.05. The smallest absolute Gasteiger partial charge is 0.349 e. The molecule has 1 heterocycles. The summed E-state index contributed by atoms with van der Waals surface area (Å²) in [5.41, 5.74) is 1.24. The minimum atomic E-state index is -0.787. The molecule has 2 aromatic carbocycles. The molecular formula is C26H27NO6. The van der Waals surface area contributed by atoms with Crippen molar-refractivity contribution in [1.29, 1.82) is 0 Å². The van der Waals surface area contributed by atoms with Crippen molar-refractivity contribution in [3.63, 3.8) is 0 Å². The van der Waals surface area contributed by atoms with E-state index >= 15 is 0 Å². The van der Waals surface area contributed by atoms with Crippen LogP contribution in [0.5, 0.6) is 11.5 Å². The van der Waals surface area contributed by atoms with Crippen LogP contribution in [0.25, 0.3) is 11.0 Å². The number of aryl methyl sites for hydroxylation is 1. The molecule has 1 aromatic heterocycles. The maximum absolute atomic E-state index is 12.4. The molecule has 0 aliphatic heterocycles. The number of benzene rings is 2. The Hall–Kier alpha value is -3.87. The lowest BCUT2D eigenvalue weighted by Crippen LogP contribution is -2.28. The minimum Gasteiger partial charge on any atom is -0.482 e. The van der Waals surface area contributed by atoms with Crippen LogP contribution in [0.3, 0.4) is 0 Å². The summed E-state index contributed by atoms with van der Waals surface area (Å²) >= 11 is 0. The molecule has 3 aromatic rings. The number of amides is 1. The van der Waals surface area contributed by atoms with Gasteiger partial charge in [-0.15, -0.1) is 6.58 Å². The second-order valence-electron chi connectivity index (χ2n) is 8.66. The quantitative estimate of drug-likeness (QED) is 0.250. The van der Waals surface area contributed by atoms with Crippen molar-refractivity contribution in [3.8, 4) is 11.5 Å². The largest absolute Gasteiger partial charge is 0.482 e. The Morgan fingerprint density at radius 1 is 1.12 bits per heavy atom. The van der Waals surface area contributed by atoms with Gasteiger partial charge < -0.3 is 19.2 Å². The van der Waals surface area contributed by atoms with Crippen molar-refractivity contribution < 1.29 is 23.5 Å². The monoisotopic (exact) mass is 449 g/mol. The molecule has 0 atom stereocenters. The van der Waals surface area contributed by atoms with Gasteiger partial charge in [0.25, 0.3) is 5.91 Å². The van der Waals surface area contributed by atoms with Gasteiger partial charge >= 0.3 is 11.6 Å². The molecule has 172 valence electrons. The first-order valence-electron chi connectivity index (χ1n) is 10.5. The van der Waals surface area contributed by atoms with Crippen LogP contribution >= 0.6 is 0 Å². The molecule has 3 rings (SSSR count). The highest BCUT2D eigenvalue weighted by molar-refractivity contribution is 5.96. The van der Waals surface area contributed by atoms with E-state index in [9.17, 15) is 14.4 Å². The number of fused-ring (bicyclic) bond motifs is 1. The summed E-state index contributed by atoms with van der Waals surface area (Å²) in [6.07, 6.45) is 1.51. The highest BCUT2D eigenvalue weighted by atomic mass is 16.6. The van der Waals surface area contributed by atoms with Crippen LogP contribution in [0.1, 0.15) is 42.3 Å². The topological polar surface area (TPSA) is 94.8 Å². The summed E-state index contributed by atoms with van der Waals surface area (Å²) in [6.45, 7) is 11.7. The van der Waals surface area contributed by atoms with Crippen LogP contribution in [0.2, 0.25) is 0 Å². The Morgan fingerprint density at radius 3 is 2.58 bits per heavy atom. The molecule has 7 heteroatoms. The molecule has 0 saturated heterocycles. The summed E-state index contributed by atoms with van der Waals surface area (Å²) in [4.78, 5) is 36.6. The van der Waals surface area contributed by atoms with Gasteiger partial charge in [-0.3, -0.25) is 4.79 Å². The normalized spacial score (nSPS) is 11.2. The van der Waals surface area contributed by atoms with Crippen molar-refractivity contribution >= 4 is 22.8 Å². The second kappa shape index (κ2) is 9.73. The molecule has 0 bridgehead atoms. The molecule has 0 unspecified atom stereocenters. The van der Waals surface area contributed by atoms with E-state index in [1.807, 2.05) is 25.1 Å². The Morgan fingerprint density at radius 2 is 1.88 bits per heavy atom. The predicted octanol–water partition coefficient (Wildman–Crippen LogP) is 4.30. The Kier molecular flexibility index (Phi) is 7.01. The molecule has 7 nitrogen and oxygen atoms in total. The molecular weight excluding hydrogens is 422 g/mol. The summed E-state index contributed by atoms with van der Waals surface area (Å²) in [6, 6.07) is 11.8. The fourth-order valence-electron chi connectivity index (χ4n) is 3.23. The van der Waals surface area contributed by atoms with Gasteiger partial charge in [0.05, 0.1) is 0 Å². The van der Waals surface area contributed by atoms with Gasteiger partial charge in [0.15, 0.2) is 6.61 Å².